The summed E-state index contributed by atoms with van der Waals surface area (Å²) >= 11 is 1.41. The molecule has 1 aromatic carbocycles. The quantitative estimate of drug-likeness (QED) is 0.863. The second kappa shape index (κ2) is 5.61. The number of aryl methyl sites for hydroxylation is 1. The van der Waals surface area contributed by atoms with Crippen molar-refractivity contribution < 1.29 is 9.90 Å². The lowest BCUT2D eigenvalue weighted by Crippen LogP contribution is -2.22. The molecule has 0 aliphatic carbocycles. The number of thioether (sulfide) groups is 1. The van der Waals surface area contributed by atoms with Crippen LogP contribution in [-0.2, 0) is 4.79 Å². The third kappa shape index (κ3) is 3.07. The third-order valence-electron chi connectivity index (χ3n) is 2.91. The molecule has 1 N–H and O–H groups in total. The largest absolute Gasteiger partial charge is 0.480 e. The monoisotopic (exact) mass is 275 g/mol. The van der Waals surface area contributed by atoms with E-state index in [4.69, 9.17) is 0 Å². The molecule has 1 atom stereocenters. The molecule has 0 fully saturated rings. The molecule has 0 saturated heterocycles. The molecule has 3 nitrogen and oxygen atoms in total. The van der Waals surface area contributed by atoms with E-state index in [0.717, 1.165) is 21.5 Å². The highest BCUT2D eigenvalue weighted by molar-refractivity contribution is 8.00. The van der Waals surface area contributed by atoms with Crippen molar-refractivity contribution in [2.24, 2.45) is 5.92 Å². The van der Waals surface area contributed by atoms with Gasteiger partial charge in [-0.25, -0.2) is 0 Å². The van der Waals surface area contributed by atoms with Crippen LogP contribution in [0, 0.1) is 12.8 Å². The van der Waals surface area contributed by atoms with Crippen LogP contribution in [0.15, 0.2) is 35.2 Å². The molecule has 0 spiro atoms. The van der Waals surface area contributed by atoms with Crippen molar-refractivity contribution in [1.82, 2.24) is 4.98 Å². The van der Waals surface area contributed by atoms with Crippen molar-refractivity contribution in [3.63, 3.8) is 0 Å². The van der Waals surface area contributed by atoms with E-state index >= 15 is 0 Å². The summed E-state index contributed by atoms with van der Waals surface area (Å²) in [6.45, 7) is 5.80. The molecule has 4 heteroatoms. The Morgan fingerprint density at radius 1 is 1.32 bits per heavy atom. The molecular weight excluding hydrogens is 258 g/mol. The minimum absolute atomic E-state index is 0.0785. The second-order valence-corrected chi connectivity index (χ2v) is 6.08. The van der Waals surface area contributed by atoms with Crippen LogP contribution in [-0.4, -0.2) is 21.3 Å². The van der Waals surface area contributed by atoms with Gasteiger partial charge in [-0.15, -0.1) is 11.8 Å². The lowest BCUT2D eigenvalue weighted by atomic mass is 10.1. The lowest BCUT2D eigenvalue weighted by Gasteiger charge is -2.17. The molecular formula is C15H17NO2S. The predicted molar refractivity (Wildman–Crippen MR) is 78.6 cm³/mol. The van der Waals surface area contributed by atoms with Crippen molar-refractivity contribution in [2.75, 3.05) is 0 Å². The summed E-state index contributed by atoms with van der Waals surface area (Å²) in [7, 11) is 0. The van der Waals surface area contributed by atoms with Crippen LogP contribution in [0.3, 0.4) is 0 Å². The first-order chi connectivity index (χ1) is 8.99. The first kappa shape index (κ1) is 13.9. The summed E-state index contributed by atoms with van der Waals surface area (Å²) in [6.07, 6.45) is 0. The van der Waals surface area contributed by atoms with Gasteiger partial charge in [0.25, 0.3) is 0 Å². The highest BCUT2D eigenvalue weighted by Gasteiger charge is 2.23. The third-order valence-corrected chi connectivity index (χ3v) is 4.50. The van der Waals surface area contributed by atoms with Crippen LogP contribution in [0.5, 0.6) is 0 Å². The molecule has 0 amide bonds. The van der Waals surface area contributed by atoms with E-state index in [1.165, 1.54) is 11.8 Å². The zero-order valence-corrected chi connectivity index (χ0v) is 12.1. The van der Waals surface area contributed by atoms with Gasteiger partial charge in [0.15, 0.2) is 0 Å². The molecule has 1 aromatic heterocycles. The maximum absolute atomic E-state index is 11.3. The number of pyridine rings is 1. The summed E-state index contributed by atoms with van der Waals surface area (Å²) in [5.41, 5.74) is 1.83. The average molecular weight is 275 g/mol. The van der Waals surface area contributed by atoms with Gasteiger partial charge in [0, 0.05) is 16.0 Å². The molecule has 2 rings (SSSR count). The Bertz CT molecular complexity index is 610. The van der Waals surface area contributed by atoms with Crippen LogP contribution in [0.25, 0.3) is 10.9 Å². The number of benzene rings is 1. The van der Waals surface area contributed by atoms with Gasteiger partial charge in [-0.3, -0.25) is 9.78 Å². The Hall–Kier alpha value is -1.55. The van der Waals surface area contributed by atoms with E-state index < -0.39 is 11.2 Å². The topological polar surface area (TPSA) is 50.2 Å². The Kier molecular flexibility index (Phi) is 4.10. The molecule has 0 bridgehead atoms. The van der Waals surface area contributed by atoms with Crippen molar-refractivity contribution >= 4 is 28.6 Å². The maximum Gasteiger partial charge on any atom is 0.317 e. The SMILES string of the molecule is Cc1cc(SC(C(=O)O)C(C)C)c2ccccc2n1. The number of hydrogen-bond acceptors (Lipinski definition) is 3. The molecule has 2 aromatic rings. The fourth-order valence-corrected chi connectivity index (χ4v) is 3.16. The van der Waals surface area contributed by atoms with Gasteiger partial charge in [-0.1, -0.05) is 32.0 Å². The van der Waals surface area contributed by atoms with Crippen molar-refractivity contribution in [3.8, 4) is 0 Å². The fraction of sp³-hybridized carbons (Fsp3) is 0.333. The zero-order valence-electron chi connectivity index (χ0n) is 11.3. The zero-order chi connectivity index (χ0) is 14.0. The van der Waals surface area contributed by atoms with Crippen LogP contribution in [0.2, 0.25) is 0 Å². The predicted octanol–water partition coefficient (Wildman–Crippen LogP) is 3.74. The van der Waals surface area contributed by atoms with Crippen LogP contribution in [0.4, 0.5) is 0 Å². The Morgan fingerprint density at radius 3 is 2.63 bits per heavy atom. The second-order valence-electron chi connectivity index (χ2n) is 4.90. The van der Waals surface area contributed by atoms with E-state index in [1.54, 1.807) is 0 Å². The first-order valence-electron chi connectivity index (χ1n) is 6.25. The summed E-state index contributed by atoms with van der Waals surface area (Å²) < 4.78 is 0. The Labute approximate surface area is 117 Å². The van der Waals surface area contributed by atoms with Gasteiger partial charge in [0.05, 0.1) is 5.52 Å². The van der Waals surface area contributed by atoms with Gasteiger partial charge in [0.2, 0.25) is 0 Å². The van der Waals surface area contributed by atoms with Crippen LogP contribution >= 0.6 is 11.8 Å². The summed E-state index contributed by atoms with van der Waals surface area (Å²) in [5, 5.41) is 9.89. The number of fused-ring (bicyclic) bond motifs is 1. The van der Waals surface area contributed by atoms with E-state index in [-0.39, 0.29) is 5.92 Å². The number of hydrogen-bond donors (Lipinski definition) is 1. The fourth-order valence-electron chi connectivity index (χ4n) is 1.98. The molecule has 0 radical (unpaired) electrons. The van der Waals surface area contributed by atoms with Gasteiger partial charge in [-0.05, 0) is 25.0 Å². The first-order valence-corrected chi connectivity index (χ1v) is 7.13. The molecule has 100 valence electrons. The number of nitrogens with zero attached hydrogens (tertiary/aromatic N) is 1. The van der Waals surface area contributed by atoms with Gasteiger partial charge < -0.3 is 5.11 Å². The minimum Gasteiger partial charge on any atom is -0.480 e. The van der Waals surface area contributed by atoms with E-state index in [1.807, 2.05) is 51.1 Å². The molecule has 1 unspecified atom stereocenters. The van der Waals surface area contributed by atoms with Gasteiger partial charge in [-0.2, -0.15) is 0 Å². The molecule has 19 heavy (non-hydrogen) atoms. The molecule has 0 saturated carbocycles. The number of para-hydroxylation sites is 1. The molecule has 0 aliphatic rings. The molecule has 1 heterocycles. The molecule has 0 aliphatic heterocycles. The van der Waals surface area contributed by atoms with E-state index in [2.05, 4.69) is 4.98 Å². The number of aliphatic carboxylic acids is 1. The Balaban J connectivity index is 2.47. The summed E-state index contributed by atoms with van der Waals surface area (Å²) in [6, 6.07) is 9.81. The highest BCUT2D eigenvalue weighted by Crippen LogP contribution is 2.33. The summed E-state index contributed by atoms with van der Waals surface area (Å²) in [4.78, 5) is 16.8. The average Bonchev–Trinajstić information content (AvgIpc) is 2.34. The normalized spacial score (nSPS) is 12.8. The van der Waals surface area contributed by atoms with Crippen LogP contribution < -0.4 is 0 Å². The number of carboxylic acid groups (broad SMARTS) is 1. The number of aromatic nitrogens is 1. The van der Waals surface area contributed by atoms with Gasteiger partial charge >= 0.3 is 5.97 Å². The van der Waals surface area contributed by atoms with Crippen molar-refractivity contribution in [3.05, 3.63) is 36.0 Å². The number of carbonyl (C=O) groups is 1. The highest BCUT2D eigenvalue weighted by atomic mass is 32.2. The lowest BCUT2D eigenvalue weighted by molar-refractivity contribution is -0.137. The maximum atomic E-state index is 11.3. The van der Waals surface area contributed by atoms with Crippen molar-refractivity contribution in [1.29, 1.82) is 0 Å². The van der Waals surface area contributed by atoms with E-state index in [9.17, 15) is 9.90 Å². The smallest absolute Gasteiger partial charge is 0.317 e. The number of rotatable bonds is 4. The van der Waals surface area contributed by atoms with E-state index in [0.29, 0.717) is 0 Å². The standard InChI is InChI=1S/C15H17NO2S/c1-9(2)14(15(17)18)19-13-8-10(3)16-12-7-5-4-6-11(12)13/h4-9,14H,1-3H3,(H,17,18). The van der Waals surface area contributed by atoms with Crippen LogP contribution in [0.1, 0.15) is 19.5 Å². The Morgan fingerprint density at radius 2 is 2.00 bits per heavy atom. The minimum atomic E-state index is -0.765. The number of carboxylic acids is 1. The van der Waals surface area contributed by atoms with Gasteiger partial charge in [0.1, 0.15) is 5.25 Å². The van der Waals surface area contributed by atoms with Crippen molar-refractivity contribution in [2.45, 2.75) is 30.9 Å². The summed E-state index contributed by atoms with van der Waals surface area (Å²) in [5.74, 6) is -0.687.